The molecule has 0 saturated carbocycles. The maximum absolute atomic E-state index is 12.9. The highest BCUT2D eigenvalue weighted by atomic mass is 19.2. The van der Waals surface area contributed by atoms with Crippen molar-refractivity contribution in [1.29, 1.82) is 0 Å². The molecule has 2 aromatic rings. The maximum Gasteiger partial charge on any atom is 0.167 e. The summed E-state index contributed by atoms with van der Waals surface area (Å²) >= 11 is 0. The Hall–Kier alpha value is -1.75. The summed E-state index contributed by atoms with van der Waals surface area (Å²) in [6, 6.07) is 5.09. The zero-order chi connectivity index (χ0) is 10.8. The van der Waals surface area contributed by atoms with Gasteiger partial charge in [0.2, 0.25) is 0 Å². The van der Waals surface area contributed by atoms with Crippen LogP contribution in [0.2, 0.25) is 0 Å². The lowest BCUT2D eigenvalue weighted by atomic mass is 10.1. The van der Waals surface area contributed by atoms with Crippen molar-refractivity contribution in [3.63, 3.8) is 0 Å². The summed E-state index contributed by atoms with van der Waals surface area (Å²) in [5.74, 6) is -1.44. The molecule has 0 aliphatic heterocycles. The van der Waals surface area contributed by atoms with E-state index in [1.165, 1.54) is 6.07 Å². The van der Waals surface area contributed by atoms with Crippen molar-refractivity contribution in [3.8, 4) is 11.3 Å². The molecular formula is C10H8F2N2O. The number of benzene rings is 1. The summed E-state index contributed by atoms with van der Waals surface area (Å²) < 4.78 is 30.5. The lowest BCUT2D eigenvalue weighted by Crippen LogP contribution is -1.94. The van der Waals surface area contributed by atoms with Crippen molar-refractivity contribution in [3.05, 3.63) is 41.6 Å². The quantitative estimate of drug-likeness (QED) is 0.825. The summed E-state index contributed by atoms with van der Waals surface area (Å²) in [6.07, 6.45) is 0. The van der Waals surface area contributed by atoms with E-state index in [1.807, 2.05) is 0 Å². The van der Waals surface area contributed by atoms with E-state index in [1.54, 1.807) is 6.07 Å². The molecule has 15 heavy (non-hydrogen) atoms. The Kier molecular flexibility index (Phi) is 2.47. The second-order valence-corrected chi connectivity index (χ2v) is 3.02. The number of nitrogens with zero attached hydrogens (tertiary/aromatic N) is 1. The molecular weight excluding hydrogens is 202 g/mol. The fourth-order valence-electron chi connectivity index (χ4n) is 1.19. The Morgan fingerprint density at radius 1 is 1.20 bits per heavy atom. The SMILES string of the molecule is NCc1cc(-c2ccc(F)c(F)c2)on1. The fraction of sp³-hybridized carbons (Fsp3) is 0.100. The van der Waals surface area contributed by atoms with E-state index in [9.17, 15) is 8.78 Å². The zero-order valence-corrected chi connectivity index (χ0v) is 7.71. The molecule has 0 aliphatic rings. The van der Waals surface area contributed by atoms with Gasteiger partial charge < -0.3 is 10.3 Å². The predicted molar refractivity (Wildman–Crippen MR) is 49.7 cm³/mol. The number of hydrogen-bond donors (Lipinski definition) is 1. The van der Waals surface area contributed by atoms with Gasteiger partial charge in [-0.3, -0.25) is 0 Å². The van der Waals surface area contributed by atoms with Gasteiger partial charge in [0.15, 0.2) is 17.4 Å². The largest absolute Gasteiger partial charge is 0.356 e. The van der Waals surface area contributed by atoms with Crippen LogP contribution in [-0.2, 0) is 6.54 Å². The topological polar surface area (TPSA) is 52.0 Å². The molecule has 1 heterocycles. The lowest BCUT2D eigenvalue weighted by molar-refractivity contribution is 0.423. The Morgan fingerprint density at radius 2 is 2.00 bits per heavy atom. The van der Waals surface area contributed by atoms with E-state index in [2.05, 4.69) is 5.16 Å². The average Bonchev–Trinajstić information content (AvgIpc) is 2.70. The predicted octanol–water partition coefficient (Wildman–Crippen LogP) is 2.08. The molecule has 0 bridgehead atoms. The average molecular weight is 210 g/mol. The van der Waals surface area contributed by atoms with Crippen LogP contribution in [0.3, 0.4) is 0 Å². The highest BCUT2D eigenvalue weighted by molar-refractivity contribution is 5.57. The van der Waals surface area contributed by atoms with Gasteiger partial charge in [0.1, 0.15) is 0 Å². The van der Waals surface area contributed by atoms with Crippen LogP contribution in [0, 0.1) is 11.6 Å². The van der Waals surface area contributed by atoms with E-state index in [0.29, 0.717) is 17.0 Å². The molecule has 0 unspecified atom stereocenters. The van der Waals surface area contributed by atoms with Crippen molar-refractivity contribution in [2.45, 2.75) is 6.54 Å². The second-order valence-electron chi connectivity index (χ2n) is 3.02. The van der Waals surface area contributed by atoms with Gasteiger partial charge in [-0.2, -0.15) is 0 Å². The van der Waals surface area contributed by atoms with Gasteiger partial charge in [-0.25, -0.2) is 8.78 Å². The summed E-state index contributed by atoms with van der Waals surface area (Å²) in [6.45, 7) is 0.243. The number of aromatic nitrogens is 1. The van der Waals surface area contributed by atoms with Crippen LogP contribution in [0.15, 0.2) is 28.8 Å². The number of hydrogen-bond acceptors (Lipinski definition) is 3. The van der Waals surface area contributed by atoms with Gasteiger partial charge in [-0.1, -0.05) is 5.16 Å². The molecule has 5 heteroatoms. The van der Waals surface area contributed by atoms with Gasteiger partial charge in [0.25, 0.3) is 0 Å². The summed E-state index contributed by atoms with van der Waals surface area (Å²) in [5.41, 5.74) is 6.33. The van der Waals surface area contributed by atoms with E-state index >= 15 is 0 Å². The normalized spacial score (nSPS) is 10.6. The molecule has 1 aromatic carbocycles. The van der Waals surface area contributed by atoms with Gasteiger partial charge in [0, 0.05) is 18.2 Å². The van der Waals surface area contributed by atoms with Gasteiger partial charge in [0.05, 0.1) is 5.69 Å². The Labute approximate surface area is 84.5 Å². The van der Waals surface area contributed by atoms with Crippen LogP contribution < -0.4 is 5.73 Å². The van der Waals surface area contributed by atoms with Gasteiger partial charge in [-0.15, -0.1) is 0 Å². The minimum atomic E-state index is -0.918. The second kappa shape index (κ2) is 3.78. The monoisotopic (exact) mass is 210 g/mol. The van der Waals surface area contributed by atoms with E-state index in [4.69, 9.17) is 10.3 Å². The molecule has 0 atom stereocenters. The number of halogens is 2. The molecule has 0 amide bonds. The Morgan fingerprint density at radius 3 is 2.60 bits per heavy atom. The van der Waals surface area contributed by atoms with E-state index in [0.717, 1.165) is 12.1 Å². The summed E-state index contributed by atoms with van der Waals surface area (Å²) in [5, 5.41) is 3.65. The van der Waals surface area contributed by atoms with Crippen LogP contribution in [0.5, 0.6) is 0 Å². The van der Waals surface area contributed by atoms with Crippen LogP contribution in [0.25, 0.3) is 11.3 Å². The standard InChI is InChI=1S/C10H8F2N2O/c11-8-2-1-6(3-9(8)12)10-4-7(5-13)14-15-10/h1-4H,5,13H2. The van der Waals surface area contributed by atoms with Gasteiger partial charge >= 0.3 is 0 Å². The third kappa shape index (κ3) is 1.87. The molecule has 0 fully saturated rings. The van der Waals surface area contributed by atoms with Crippen molar-refractivity contribution >= 4 is 0 Å². The van der Waals surface area contributed by atoms with Crippen molar-refractivity contribution in [2.75, 3.05) is 0 Å². The highest BCUT2D eigenvalue weighted by Gasteiger charge is 2.08. The molecule has 0 aliphatic carbocycles. The molecule has 78 valence electrons. The molecule has 2 rings (SSSR count). The lowest BCUT2D eigenvalue weighted by Gasteiger charge is -1.96. The van der Waals surface area contributed by atoms with Gasteiger partial charge in [-0.05, 0) is 18.2 Å². The molecule has 2 N–H and O–H groups in total. The minimum Gasteiger partial charge on any atom is -0.356 e. The Bertz CT molecular complexity index is 482. The maximum atomic E-state index is 12.9. The van der Waals surface area contributed by atoms with Crippen molar-refractivity contribution < 1.29 is 13.3 Å². The van der Waals surface area contributed by atoms with Crippen LogP contribution in [0.4, 0.5) is 8.78 Å². The fourth-order valence-corrected chi connectivity index (χ4v) is 1.19. The zero-order valence-electron chi connectivity index (χ0n) is 7.71. The minimum absolute atomic E-state index is 0.243. The first-order chi connectivity index (χ1) is 7.20. The summed E-state index contributed by atoms with van der Waals surface area (Å²) in [4.78, 5) is 0. The number of rotatable bonds is 2. The molecule has 1 aromatic heterocycles. The van der Waals surface area contributed by atoms with Crippen molar-refractivity contribution in [1.82, 2.24) is 5.16 Å². The smallest absolute Gasteiger partial charge is 0.167 e. The Balaban J connectivity index is 2.40. The molecule has 3 nitrogen and oxygen atoms in total. The van der Waals surface area contributed by atoms with Crippen LogP contribution >= 0.6 is 0 Å². The first-order valence-corrected chi connectivity index (χ1v) is 4.32. The summed E-state index contributed by atoms with van der Waals surface area (Å²) in [7, 11) is 0. The number of nitrogens with two attached hydrogens (primary N) is 1. The first-order valence-electron chi connectivity index (χ1n) is 4.32. The molecule has 0 spiro atoms. The molecule has 0 saturated heterocycles. The third-order valence-corrected chi connectivity index (χ3v) is 1.97. The van der Waals surface area contributed by atoms with Crippen molar-refractivity contribution in [2.24, 2.45) is 5.73 Å². The van der Waals surface area contributed by atoms with Crippen LogP contribution in [0.1, 0.15) is 5.69 Å². The van der Waals surface area contributed by atoms with E-state index < -0.39 is 11.6 Å². The third-order valence-electron chi connectivity index (χ3n) is 1.97. The highest BCUT2D eigenvalue weighted by Crippen LogP contribution is 2.22. The molecule has 0 radical (unpaired) electrons. The van der Waals surface area contributed by atoms with E-state index in [-0.39, 0.29) is 6.54 Å². The first kappa shape index (κ1) is 9.79. The van der Waals surface area contributed by atoms with Crippen LogP contribution in [-0.4, -0.2) is 5.16 Å².